The van der Waals surface area contributed by atoms with E-state index in [2.05, 4.69) is 20.6 Å². The molecule has 2 aromatic carbocycles. The lowest BCUT2D eigenvalue weighted by atomic mass is 10.0. The molecule has 6 rings (SSSR count). The van der Waals surface area contributed by atoms with E-state index in [0.717, 1.165) is 25.2 Å². The Bertz CT molecular complexity index is 1880. The highest BCUT2D eigenvalue weighted by molar-refractivity contribution is 7.88. The van der Waals surface area contributed by atoms with E-state index in [1.165, 1.54) is 34.9 Å². The zero-order chi connectivity index (χ0) is 32.1. The van der Waals surface area contributed by atoms with Gasteiger partial charge in [0.15, 0.2) is 0 Å². The maximum Gasteiger partial charge on any atom is 0.416 e. The van der Waals surface area contributed by atoms with Crippen LogP contribution < -0.4 is 16.4 Å². The highest BCUT2D eigenvalue weighted by Gasteiger charge is 2.35. The molecule has 1 aliphatic heterocycles. The summed E-state index contributed by atoms with van der Waals surface area (Å²) in [5.74, 6) is -0.497. The van der Waals surface area contributed by atoms with E-state index in [1.54, 1.807) is 11.0 Å². The van der Waals surface area contributed by atoms with E-state index < -0.39 is 33.6 Å². The highest BCUT2D eigenvalue weighted by atomic mass is 32.2. The lowest BCUT2D eigenvalue weighted by molar-refractivity contribution is -0.138. The Hall–Kier alpha value is -4.28. The standard InChI is InChI=1S/C29H30F4N8O3S/c1-45(43,44)40-10-8-39(9-11-40)14-18-2-4-19(13-22(18)29(31,32)33)37-28(42)38-24-7-3-17(12-23(24)30)21-15-41(20-5-6-20)27-25(21)26(34)35-16-36-27/h2-4,7,12-13,15-16,20H,5-6,8-11,14H2,1H3,(H2,34,35,36)(H2,37,38,42). The number of anilines is 3. The van der Waals surface area contributed by atoms with Crippen LogP contribution in [0, 0.1) is 5.82 Å². The number of rotatable bonds is 7. The van der Waals surface area contributed by atoms with Crippen molar-refractivity contribution >= 4 is 44.3 Å². The average Bonchev–Trinajstić information content (AvgIpc) is 3.74. The summed E-state index contributed by atoms with van der Waals surface area (Å²) < 4.78 is 83.9. The zero-order valence-corrected chi connectivity index (χ0v) is 24.9. The molecule has 0 spiro atoms. The summed E-state index contributed by atoms with van der Waals surface area (Å²) in [5, 5.41) is 5.29. The van der Waals surface area contributed by atoms with Gasteiger partial charge in [-0.1, -0.05) is 12.1 Å². The third-order valence-electron chi connectivity index (χ3n) is 7.97. The van der Waals surface area contributed by atoms with Crippen molar-refractivity contribution in [3.63, 3.8) is 0 Å². The molecule has 0 atom stereocenters. The third kappa shape index (κ3) is 6.57. The molecule has 16 heteroatoms. The Morgan fingerprint density at radius 2 is 1.78 bits per heavy atom. The Balaban J connectivity index is 1.16. The number of nitrogens with two attached hydrogens (primary N) is 1. The summed E-state index contributed by atoms with van der Waals surface area (Å²) in [6.07, 6.45) is 1.62. The summed E-state index contributed by atoms with van der Waals surface area (Å²) in [6.45, 7) is 0.878. The second kappa shape index (κ2) is 11.6. The van der Waals surface area contributed by atoms with Crippen molar-refractivity contribution in [3.8, 4) is 11.1 Å². The van der Waals surface area contributed by atoms with Gasteiger partial charge in [-0.15, -0.1) is 0 Å². The molecule has 4 N–H and O–H groups in total. The molecule has 2 aromatic heterocycles. The smallest absolute Gasteiger partial charge is 0.383 e. The fourth-order valence-electron chi connectivity index (χ4n) is 5.54. The number of sulfonamides is 1. The first kappa shape index (κ1) is 30.7. The van der Waals surface area contributed by atoms with Crippen LogP contribution in [-0.2, 0) is 22.7 Å². The van der Waals surface area contributed by atoms with E-state index >= 15 is 4.39 Å². The number of nitrogens with zero attached hydrogens (tertiary/aromatic N) is 5. The van der Waals surface area contributed by atoms with Gasteiger partial charge in [-0.25, -0.2) is 27.6 Å². The van der Waals surface area contributed by atoms with E-state index in [4.69, 9.17) is 5.73 Å². The van der Waals surface area contributed by atoms with Crippen LogP contribution in [0.2, 0.25) is 0 Å². The normalized spacial score (nSPS) is 16.6. The molecule has 3 heterocycles. The lowest BCUT2D eigenvalue weighted by Gasteiger charge is -2.33. The molecular formula is C29H30F4N8O3S. The van der Waals surface area contributed by atoms with Crippen LogP contribution in [0.3, 0.4) is 0 Å². The van der Waals surface area contributed by atoms with Gasteiger partial charge in [0.1, 0.15) is 23.6 Å². The number of amides is 2. The van der Waals surface area contributed by atoms with Gasteiger partial charge >= 0.3 is 12.2 Å². The van der Waals surface area contributed by atoms with Gasteiger partial charge in [-0.2, -0.15) is 17.5 Å². The van der Waals surface area contributed by atoms with Crippen molar-refractivity contribution in [2.24, 2.45) is 0 Å². The monoisotopic (exact) mass is 646 g/mol. The average molecular weight is 647 g/mol. The van der Waals surface area contributed by atoms with Gasteiger partial charge in [0, 0.05) is 56.2 Å². The molecule has 2 aliphatic rings. The highest BCUT2D eigenvalue weighted by Crippen LogP contribution is 2.42. The summed E-state index contributed by atoms with van der Waals surface area (Å²) in [4.78, 5) is 22.9. The van der Waals surface area contributed by atoms with E-state index in [-0.39, 0.29) is 61.5 Å². The predicted molar refractivity (Wildman–Crippen MR) is 161 cm³/mol. The molecule has 45 heavy (non-hydrogen) atoms. The second-order valence-electron chi connectivity index (χ2n) is 11.2. The molecule has 0 bridgehead atoms. The van der Waals surface area contributed by atoms with Gasteiger partial charge < -0.3 is 20.9 Å². The Morgan fingerprint density at radius 1 is 1.04 bits per heavy atom. The number of piperazine rings is 1. The van der Waals surface area contributed by atoms with E-state index in [0.29, 0.717) is 22.2 Å². The van der Waals surface area contributed by atoms with Crippen LogP contribution in [-0.4, -0.2) is 70.6 Å². The largest absolute Gasteiger partial charge is 0.416 e. The Kier molecular flexibility index (Phi) is 7.91. The summed E-state index contributed by atoms with van der Waals surface area (Å²) in [7, 11) is -3.37. The second-order valence-corrected chi connectivity index (χ2v) is 13.2. The van der Waals surface area contributed by atoms with Gasteiger partial charge in [0.25, 0.3) is 0 Å². The number of nitrogen functional groups attached to an aromatic ring is 1. The fraction of sp³-hybridized carbons (Fsp3) is 0.345. The van der Waals surface area contributed by atoms with Crippen LogP contribution in [0.1, 0.15) is 30.0 Å². The van der Waals surface area contributed by atoms with Crippen LogP contribution >= 0.6 is 0 Å². The van der Waals surface area contributed by atoms with Crippen LogP contribution in [0.5, 0.6) is 0 Å². The van der Waals surface area contributed by atoms with Crippen molar-refractivity contribution in [3.05, 3.63) is 65.9 Å². The van der Waals surface area contributed by atoms with Gasteiger partial charge in [-0.05, 0) is 48.2 Å². The van der Waals surface area contributed by atoms with Gasteiger partial charge in [0.05, 0.1) is 22.9 Å². The quantitative estimate of drug-likeness (QED) is 0.243. The topological polar surface area (TPSA) is 138 Å². The Labute approximate surface area is 256 Å². The number of hydrogen-bond acceptors (Lipinski definition) is 7. The molecule has 11 nitrogen and oxygen atoms in total. The molecule has 0 unspecified atom stereocenters. The van der Waals surface area contributed by atoms with Crippen molar-refractivity contribution in [2.45, 2.75) is 31.6 Å². The molecule has 1 aliphatic carbocycles. The number of alkyl halides is 3. The van der Waals surface area contributed by atoms with E-state index in [9.17, 15) is 26.4 Å². The molecule has 2 fully saturated rings. The summed E-state index contributed by atoms with van der Waals surface area (Å²) in [5.41, 5.74) is 6.66. The fourth-order valence-corrected chi connectivity index (χ4v) is 6.37. The Morgan fingerprint density at radius 3 is 2.42 bits per heavy atom. The van der Waals surface area contributed by atoms with Crippen LogP contribution in [0.15, 0.2) is 48.9 Å². The molecule has 0 radical (unpaired) electrons. The number of nitrogens with one attached hydrogen (secondary N) is 2. The van der Waals surface area contributed by atoms with Crippen molar-refractivity contribution in [2.75, 3.05) is 48.8 Å². The lowest BCUT2D eigenvalue weighted by Crippen LogP contribution is -2.47. The summed E-state index contributed by atoms with van der Waals surface area (Å²) >= 11 is 0. The van der Waals surface area contributed by atoms with Crippen molar-refractivity contribution in [1.29, 1.82) is 0 Å². The zero-order valence-electron chi connectivity index (χ0n) is 24.1. The number of aromatic nitrogens is 3. The van der Waals surface area contributed by atoms with Crippen molar-refractivity contribution in [1.82, 2.24) is 23.7 Å². The third-order valence-corrected chi connectivity index (χ3v) is 9.28. The SMILES string of the molecule is CS(=O)(=O)N1CCN(Cc2ccc(NC(=O)Nc3ccc(-c4cn(C5CC5)c5ncnc(N)c45)cc3F)cc2C(F)(F)F)CC1. The number of carbonyl (C=O) groups is 1. The molecule has 4 aromatic rings. The maximum absolute atomic E-state index is 15.2. The predicted octanol–water partition coefficient (Wildman–Crippen LogP) is 4.89. The number of benzene rings is 2. The first-order valence-corrected chi connectivity index (χ1v) is 16.0. The number of fused-ring (bicyclic) bond motifs is 1. The number of carbonyl (C=O) groups excluding carboxylic acids is 1. The molecule has 238 valence electrons. The minimum Gasteiger partial charge on any atom is -0.383 e. The first-order valence-electron chi connectivity index (χ1n) is 14.1. The molecular weight excluding hydrogens is 616 g/mol. The molecule has 1 saturated carbocycles. The minimum absolute atomic E-state index is 0.0167. The maximum atomic E-state index is 15.2. The van der Waals surface area contributed by atoms with E-state index in [1.807, 2.05) is 10.8 Å². The van der Waals surface area contributed by atoms with Crippen molar-refractivity contribution < 1.29 is 30.8 Å². The number of urea groups is 1. The molecule has 1 saturated heterocycles. The molecule has 2 amide bonds. The summed E-state index contributed by atoms with van der Waals surface area (Å²) in [6, 6.07) is 6.98. The minimum atomic E-state index is -4.71. The number of halogens is 4. The first-order chi connectivity index (χ1) is 21.3. The van der Waals surface area contributed by atoms with Crippen LogP contribution in [0.25, 0.3) is 22.2 Å². The number of hydrogen-bond donors (Lipinski definition) is 3. The van der Waals surface area contributed by atoms with Gasteiger partial charge in [0.2, 0.25) is 10.0 Å². The van der Waals surface area contributed by atoms with Gasteiger partial charge in [-0.3, -0.25) is 4.90 Å². The van der Waals surface area contributed by atoms with Crippen LogP contribution in [0.4, 0.5) is 39.5 Å².